The molecular weight excluding hydrogens is 316 g/mol. The number of rotatable bonds is 5. The normalized spacial score (nSPS) is 19.7. The molecule has 2 atom stereocenters. The highest BCUT2D eigenvalue weighted by Crippen LogP contribution is 2.45. The first kappa shape index (κ1) is 17.2. The van der Waals surface area contributed by atoms with Gasteiger partial charge in [-0.05, 0) is 55.7 Å². The molecular formula is C21H26ClN2+. The van der Waals surface area contributed by atoms with E-state index in [0.717, 1.165) is 40.9 Å². The molecule has 2 aromatic rings. The molecule has 3 rings (SSSR count). The molecule has 2 nitrogen and oxygen atoms in total. The second-order valence-electron chi connectivity index (χ2n) is 7.43. The number of nitrogens with zero attached hydrogens (tertiary/aromatic N) is 1. The summed E-state index contributed by atoms with van der Waals surface area (Å²) >= 11 is 6.59. The maximum atomic E-state index is 6.59. The second-order valence-corrected chi connectivity index (χ2v) is 7.84. The molecule has 0 aliphatic carbocycles. The van der Waals surface area contributed by atoms with E-state index in [-0.39, 0.29) is 0 Å². The van der Waals surface area contributed by atoms with Crippen LogP contribution in [0.1, 0.15) is 51.5 Å². The number of benzene rings is 1. The number of pyridine rings is 1. The number of aromatic amines is 1. The Morgan fingerprint density at radius 2 is 2.21 bits per heavy atom. The quantitative estimate of drug-likeness (QED) is 0.585. The van der Waals surface area contributed by atoms with Gasteiger partial charge in [0, 0.05) is 18.2 Å². The molecule has 0 radical (unpaired) electrons. The number of hydrogen-bond donors (Lipinski definition) is 0. The van der Waals surface area contributed by atoms with Gasteiger partial charge in [-0.15, -0.1) is 6.58 Å². The third kappa shape index (κ3) is 3.39. The molecule has 0 bridgehead atoms. The Labute approximate surface area is 149 Å². The van der Waals surface area contributed by atoms with E-state index in [2.05, 4.69) is 50.7 Å². The average Bonchev–Trinajstić information content (AvgIpc) is 2.54. The van der Waals surface area contributed by atoms with Crippen molar-refractivity contribution in [3.63, 3.8) is 0 Å². The third-order valence-electron chi connectivity index (χ3n) is 4.85. The van der Waals surface area contributed by atoms with Crippen LogP contribution in [0.3, 0.4) is 0 Å². The van der Waals surface area contributed by atoms with Crippen molar-refractivity contribution in [2.45, 2.75) is 46.0 Å². The highest BCUT2D eigenvalue weighted by molar-refractivity contribution is 6.35. The average molecular weight is 342 g/mol. The van der Waals surface area contributed by atoms with Crippen molar-refractivity contribution in [3.8, 4) is 0 Å². The van der Waals surface area contributed by atoms with E-state index in [1.54, 1.807) is 0 Å². The van der Waals surface area contributed by atoms with Gasteiger partial charge in [-0.25, -0.2) is 4.98 Å². The van der Waals surface area contributed by atoms with Crippen LogP contribution in [0.15, 0.2) is 41.5 Å². The van der Waals surface area contributed by atoms with E-state index in [0.29, 0.717) is 17.8 Å². The minimum Gasteiger partial charge on any atom is -0.254 e. The van der Waals surface area contributed by atoms with Gasteiger partial charge in [0.1, 0.15) is 5.69 Å². The summed E-state index contributed by atoms with van der Waals surface area (Å²) in [7, 11) is 0. The summed E-state index contributed by atoms with van der Waals surface area (Å²) in [6.45, 7) is 10.7. The fraction of sp³-hybridized carbons (Fsp3) is 0.429. The maximum Gasteiger partial charge on any atom is 0.238 e. The summed E-state index contributed by atoms with van der Waals surface area (Å²) in [6, 6.07) is 6.17. The fourth-order valence-electron chi connectivity index (χ4n) is 3.68. The summed E-state index contributed by atoms with van der Waals surface area (Å²) in [5.41, 5.74) is 4.64. The van der Waals surface area contributed by atoms with Crippen LogP contribution in [0.4, 0.5) is 5.69 Å². The van der Waals surface area contributed by atoms with E-state index >= 15 is 0 Å². The zero-order chi connectivity index (χ0) is 17.3. The summed E-state index contributed by atoms with van der Waals surface area (Å²) in [6.07, 6.45) is 7.40. The van der Waals surface area contributed by atoms with Crippen LogP contribution in [-0.2, 0) is 0 Å². The topological polar surface area (TPSA) is 26.5 Å². The van der Waals surface area contributed by atoms with Crippen molar-refractivity contribution in [1.82, 2.24) is 0 Å². The van der Waals surface area contributed by atoms with Crippen molar-refractivity contribution in [3.05, 3.63) is 47.1 Å². The van der Waals surface area contributed by atoms with Crippen LogP contribution in [0.5, 0.6) is 0 Å². The predicted octanol–water partition coefficient (Wildman–Crippen LogP) is 6.13. The van der Waals surface area contributed by atoms with Crippen LogP contribution in [0.2, 0.25) is 5.02 Å². The Hall–Kier alpha value is -1.67. The lowest BCUT2D eigenvalue weighted by Crippen LogP contribution is -2.21. The second kappa shape index (κ2) is 7.06. The molecule has 24 heavy (non-hydrogen) atoms. The van der Waals surface area contributed by atoms with Crippen molar-refractivity contribution >= 4 is 34.4 Å². The van der Waals surface area contributed by atoms with Crippen LogP contribution in [-0.4, -0.2) is 6.21 Å². The molecule has 0 spiro atoms. The Kier molecular flexibility index (Phi) is 5.05. The Balaban J connectivity index is 2.08. The van der Waals surface area contributed by atoms with Crippen molar-refractivity contribution < 1.29 is 4.98 Å². The van der Waals surface area contributed by atoms with Gasteiger partial charge in [-0.3, -0.25) is 4.99 Å². The van der Waals surface area contributed by atoms with Crippen LogP contribution >= 0.6 is 11.6 Å². The minimum atomic E-state index is 0.453. The van der Waals surface area contributed by atoms with Gasteiger partial charge in [0.25, 0.3) is 0 Å². The number of nitrogens with one attached hydrogen (secondary N) is 1. The van der Waals surface area contributed by atoms with Gasteiger partial charge in [-0.1, -0.05) is 31.0 Å². The maximum absolute atomic E-state index is 6.59. The number of allylic oxidation sites excluding steroid dienone is 1. The number of aliphatic imine (C=N–C) groups is 1. The Bertz CT molecular complexity index is 792. The van der Waals surface area contributed by atoms with Crippen LogP contribution in [0.25, 0.3) is 10.9 Å². The van der Waals surface area contributed by atoms with E-state index < -0.39 is 0 Å². The van der Waals surface area contributed by atoms with Gasteiger partial charge in [-0.2, -0.15) is 0 Å². The zero-order valence-electron chi connectivity index (χ0n) is 14.8. The number of hydrogen-bond acceptors (Lipinski definition) is 1. The van der Waals surface area contributed by atoms with Gasteiger partial charge in [0.05, 0.1) is 10.4 Å². The highest BCUT2D eigenvalue weighted by atomic mass is 35.5. The molecule has 1 aromatic heterocycles. The fourth-order valence-corrected chi connectivity index (χ4v) is 3.96. The van der Waals surface area contributed by atoms with E-state index in [1.165, 1.54) is 11.1 Å². The van der Waals surface area contributed by atoms with E-state index in [1.807, 2.05) is 12.3 Å². The Morgan fingerprint density at radius 3 is 2.92 bits per heavy atom. The van der Waals surface area contributed by atoms with Gasteiger partial charge in [0.15, 0.2) is 6.20 Å². The largest absolute Gasteiger partial charge is 0.254 e. The molecule has 2 unspecified atom stereocenters. The summed E-state index contributed by atoms with van der Waals surface area (Å²) in [5.74, 6) is 1.55. The number of halogens is 1. The van der Waals surface area contributed by atoms with E-state index in [4.69, 9.17) is 16.6 Å². The third-order valence-corrected chi connectivity index (χ3v) is 5.16. The smallest absolute Gasteiger partial charge is 0.238 e. The first-order valence-corrected chi connectivity index (χ1v) is 9.16. The lowest BCUT2D eigenvalue weighted by Gasteiger charge is -2.30. The standard InChI is InChI=1S/C21H25ClN2/c1-13(2)7-8-15-12-24-21-18(17(15)10-14(3)4)11-19(22)16-6-5-9-23-20(16)21/h5-6,9,11-12,14-15,17H,1,7-8,10H2,2-4H3/p+1. The van der Waals surface area contributed by atoms with Gasteiger partial charge >= 0.3 is 0 Å². The Morgan fingerprint density at radius 1 is 1.42 bits per heavy atom. The number of aromatic nitrogens is 1. The first-order valence-electron chi connectivity index (χ1n) is 8.78. The summed E-state index contributed by atoms with van der Waals surface area (Å²) in [5, 5.41) is 1.85. The monoisotopic (exact) mass is 341 g/mol. The molecule has 3 heteroatoms. The van der Waals surface area contributed by atoms with Crippen LogP contribution in [0, 0.1) is 11.8 Å². The molecule has 0 amide bonds. The molecule has 0 saturated heterocycles. The SMILES string of the molecule is C=C(C)CCC1C=Nc2c(cc(Cl)c3ccc[nH+]c23)C1CC(C)C. The molecule has 1 aliphatic rings. The molecule has 1 aliphatic heterocycles. The number of H-pyrrole nitrogens is 1. The predicted molar refractivity (Wildman–Crippen MR) is 103 cm³/mol. The van der Waals surface area contributed by atoms with Crippen molar-refractivity contribution in [2.75, 3.05) is 0 Å². The molecule has 2 heterocycles. The number of fused-ring (bicyclic) bond motifs is 3. The summed E-state index contributed by atoms with van der Waals surface area (Å²) < 4.78 is 0. The van der Waals surface area contributed by atoms with Crippen molar-refractivity contribution in [1.29, 1.82) is 0 Å². The molecule has 126 valence electrons. The molecule has 1 aromatic carbocycles. The van der Waals surface area contributed by atoms with Crippen molar-refractivity contribution in [2.24, 2.45) is 16.8 Å². The van der Waals surface area contributed by atoms with Gasteiger partial charge in [0.2, 0.25) is 5.52 Å². The van der Waals surface area contributed by atoms with E-state index in [9.17, 15) is 0 Å². The molecule has 0 saturated carbocycles. The highest BCUT2D eigenvalue weighted by Gasteiger charge is 2.31. The molecule has 0 fully saturated rings. The first-order chi connectivity index (χ1) is 11.5. The minimum absolute atomic E-state index is 0.453. The zero-order valence-corrected chi connectivity index (χ0v) is 15.5. The van der Waals surface area contributed by atoms with Gasteiger partial charge < -0.3 is 0 Å². The lowest BCUT2D eigenvalue weighted by molar-refractivity contribution is -0.344. The van der Waals surface area contributed by atoms with Crippen LogP contribution < -0.4 is 4.98 Å². The lowest BCUT2D eigenvalue weighted by atomic mass is 9.76. The summed E-state index contributed by atoms with van der Waals surface area (Å²) in [4.78, 5) is 8.18. The molecule has 1 N–H and O–H groups in total.